The molecule has 1 fully saturated rings. The van der Waals surface area contributed by atoms with Gasteiger partial charge in [0.05, 0.1) is 5.75 Å². The zero-order chi connectivity index (χ0) is 18.0. The first-order valence-corrected chi connectivity index (χ1v) is 9.56. The first kappa shape index (κ1) is 17.6. The standard InChI is InChI=1S/C16H18FN3O4S/c17-13-5-1-4-12(7-13)14-8-15(24-19-14)16(21)20-6-2-3-11(9-20)10-25(18,22)23/h1,4-5,7-8,11H,2-3,6,9-10H2,(H2,18,22,23). The topological polar surface area (TPSA) is 106 Å². The van der Waals surface area contributed by atoms with Crippen molar-refractivity contribution in [1.82, 2.24) is 10.1 Å². The summed E-state index contributed by atoms with van der Waals surface area (Å²) < 4.78 is 40.9. The second-order valence-corrected chi connectivity index (χ2v) is 7.83. The van der Waals surface area contributed by atoms with Crippen LogP contribution < -0.4 is 5.14 Å². The van der Waals surface area contributed by atoms with Crippen LogP contribution in [0.5, 0.6) is 0 Å². The number of nitrogens with two attached hydrogens (primary N) is 1. The molecule has 1 saturated heterocycles. The molecule has 0 spiro atoms. The zero-order valence-corrected chi connectivity index (χ0v) is 14.2. The highest BCUT2D eigenvalue weighted by Gasteiger charge is 2.29. The van der Waals surface area contributed by atoms with Crippen LogP contribution in [0.15, 0.2) is 34.9 Å². The summed E-state index contributed by atoms with van der Waals surface area (Å²) in [6.45, 7) is 0.807. The van der Waals surface area contributed by atoms with Crippen LogP contribution in [0.4, 0.5) is 4.39 Å². The number of hydrogen-bond donors (Lipinski definition) is 1. The zero-order valence-electron chi connectivity index (χ0n) is 13.4. The fraction of sp³-hybridized carbons (Fsp3) is 0.375. The van der Waals surface area contributed by atoms with E-state index in [0.717, 1.165) is 0 Å². The van der Waals surface area contributed by atoms with E-state index in [9.17, 15) is 17.6 Å². The predicted octanol–water partition coefficient (Wildman–Crippen LogP) is 1.62. The van der Waals surface area contributed by atoms with E-state index in [1.54, 1.807) is 12.1 Å². The van der Waals surface area contributed by atoms with Crippen LogP contribution in [0.1, 0.15) is 23.4 Å². The summed E-state index contributed by atoms with van der Waals surface area (Å²) in [5.74, 6) is -1.08. The molecule has 1 atom stereocenters. The van der Waals surface area contributed by atoms with Gasteiger partial charge in [0.1, 0.15) is 11.5 Å². The van der Waals surface area contributed by atoms with E-state index in [0.29, 0.717) is 37.2 Å². The van der Waals surface area contributed by atoms with Crippen molar-refractivity contribution >= 4 is 15.9 Å². The summed E-state index contributed by atoms with van der Waals surface area (Å²) in [6, 6.07) is 7.28. The molecule has 1 aliphatic heterocycles. The fourth-order valence-corrected chi connectivity index (χ4v) is 3.96. The molecule has 0 saturated carbocycles. The van der Waals surface area contributed by atoms with Gasteiger partial charge in [-0.25, -0.2) is 17.9 Å². The van der Waals surface area contributed by atoms with Crippen molar-refractivity contribution in [3.05, 3.63) is 41.9 Å². The largest absolute Gasteiger partial charge is 0.350 e. The molecule has 1 unspecified atom stereocenters. The van der Waals surface area contributed by atoms with Crippen molar-refractivity contribution in [1.29, 1.82) is 0 Å². The molecule has 1 aromatic carbocycles. The van der Waals surface area contributed by atoms with Crippen molar-refractivity contribution in [2.24, 2.45) is 11.1 Å². The van der Waals surface area contributed by atoms with E-state index < -0.39 is 15.8 Å². The van der Waals surface area contributed by atoms with E-state index in [4.69, 9.17) is 9.66 Å². The van der Waals surface area contributed by atoms with Crippen LogP contribution in [0, 0.1) is 11.7 Å². The van der Waals surface area contributed by atoms with Gasteiger partial charge in [-0.2, -0.15) is 0 Å². The van der Waals surface area contributed by atoms with Crippen molar-refractivity contribution < 1.29 is 22.1 Å². The third-order valence-corrected chi connectivity index (χ3v) is 5.05. The first-order valence-electron chi connectivity index (χ1n) is 7.84. The Bertz CT molecular complexity index is 881. The maximum Gasteiger partial charge on any atom is 0.292 e. The average molecular weight is 367 g/mol. The number of sulfonamides is 1. The Labute approximate surface area is 144 Å². The molecule has 1 amide bonds. The second-order valence-electron chi connectivity index (χ2n) is 6.18. The Kier molecular flexibility index (Phi) is 4.87. The number of halogens is 1. The van der Waals surface area contributed by atoms with Gasteiger partial charge in [-0.05, 0) is 30.9 Å². The third kappa shape index (κ3) is 4.43. The first-order chi connectivity index (χ1) is 11.8. The summed E-state index contributed by atoms with van der Waals surface area (Å²) >= 11 is 0. The van der Waals surface area contributed by atoms with Crippen LogP contribution in [0.2, 0.25) is 0 Å². The number of likely N-dealkylation sites (tertiary alicyclic amines) is 1. The van der Waals surface area contributed by atoms with Gasteiger partial charge >= 0.3 is 0 Å². The molecule has 25 heavy (non-hydrogen) atoms. The van der Waals surface area contributed by atoms with Crippen molar-refractivity contribution in [2.45, 2.75) is 12.8 Å². The Balaban J connectivity index is 1.73. The van der Waals surface area contributed by atoms with Gasteiger partial charge < -0.3 is 9.42 Å². The molecule has 3 rings (SSSR count). The fourth-order valence-electron chi connectivity index (χ4n) is 3.03. The minimum atomic E-state index is -3.58. The molecule has 9 heteroatoms. The summed E-state index contributed by atoms with van der Waals surface area (Å²) in [5, 5.41) is 8.91. The van der Waals surface area contributed by atoms with Crippen LogP contribution in [0.3, 0.4) is 0 Å². The number of rotatable bonds is 4. The van der Waals surface area contributed by atoms with Gasteiger partial charge in [-0.3, -0.25) is 4.79 Å². The number of piperidine rings is 1. The Morgan fingerprint density at radius 3 is 2.92 bits per heavy atom. The molecule has 1 aliphatic rings. The lowest BCUT2D eigenvalue weighted by atomic mass is 10.00. The SMILES string of the molecule is NS(=O)(=O)CC1CCCN(C(=O)c2cc(-c3cccc(F)c3)no2)C1. The summed E-state index contributed by atoms with van der Waals surface area (Å²) in [4.78, 5) is 14.1. The number of carbonyl (C=O) groups excluding carboxylic acids is 1. The van der Waals surface area contributed by atoms with Crippen molar-refractivity contribution in [3.8, 4) is 11.3 Å². The minimum absolute atomic E-state index is 0.0375. The molecule has 2 N–H and O–H groups in total. The van der Waals surface area contributed by atoms with Crippen molar-refractivity contribution in [3.63, 3.8) is 0 Å². The number of aromatic nitrogens is 1. The summed E-state index contributed by atoms with van der Waals surface area (Å²) in [5.41, 5.74) is 0.870. The highest BCUT2D eigenvalue weighted by Crippen LogP contribution is 2.23. The molecule has 0 radical (unpaired) electrons. The number of nitrogens with zero attached hydrogens (tertiary/aromatic N) is 2. The molecule has 1 aromatic heterocycles. The smallest absolute Gasteiger partial charge is 0.292 e. The van der Waals surface area contributed by atoms with Gasteiger partial charge in [0, 0.05) is 24.7 Å². The maximum absolute atomic E-state index is 13.3. The number of hydrogen-bond acceptors (Lipinski definition) is 5. The number of benzene rings is 1. The van der Waals surface area contributed by atoms with E-state index in [-0.39, 0.29) is 23.3 Å². The second kappa shape index (κ2) is 6.93. The van der Waals surface area contributed by atoms with E-state index in [1.165, 1.54) is 23.1 Å². The predicted molar refractivity (Wildman–Crippen MR) is 88.5 cm³/mol. The lowest BCUT2D eigenvalue weighted by Crippen LogP contribution is -2.42. The minimum Gasteiger partial charge on any atom is -0.350 e. The van der Waals surface area contributed by atoms with Gasteiger partial charge in [-0.1, -0.05) is 17.3 Å². The van der Waals surface area contributed by atoms with E-state index >= 15 is 0 Å². The molecule has 134 valence electrons. The van der Waals surface area contributed by atoms with Gasteiger partial charge in [-0.15, -0.1) is 0 Å². The Morgan fingerprint density at radius 2 is 2.20 bits per heavy atom. The highest BCUT2D eigenvalue weighted by atomic mass is 32.2. The van der Waals surface area contributed by atoms with Crippen LogP contribution in [-0.2, 0) is 10.0 Å². The van der Waals surface area contributed by atoms with E-state index in [2.05, 4.69) is 5.16 Å². The van der Waals surface area contributed by atoms with Gasteiger partial charge in [0.25, 0.3) is 5.91 Å². The summed E-state index contributed by atoms with van der Waals surface area (Å²) in [7, 11) is -3.58. The third-order valence-electron chi connectivity index (χ3n) is 4.12. The Hall–Kier alpha value is -2.26. The van der Waals surface area contributed by atoms with Gasteiger partial charge in [0.15, 0.2) is 0 Å². The van der Waals surface area contributed by atoms with E-state index in [1.807, 2.05) is 0 Å². The maximum atomic E-state index is 13.3. The molecular weight excluding hydrogens is 349 g/mol. The molecular formula is C16H18FN3O4S. The molecule has 0 bridgehead atoms. The molecule has 0 aliphatic carbocycles. The average Bonchev–Trinajstić information content (AvgIpc) is 3.03. The van der Waals surface area contributed by atoms with Crippen LogP contribution >= 0.6 is 0 Å². The van der Waals surface area contributed by atoms with Crippen LogP contribution in [-0.4, -0.2) is 43.2 Å². The summed E-state index contributed by atoms with van der Waals surface area (Å²) in [6.07, 6.45) is 1.39. The number of primary sulfonamides is 1. The number of amides is 1. The lowest BCUT2D eigenvalue weighted by molar-refractivity contribution is 0.0642. The number of carbonyl (C=O) groups is 1. The highest BCUT2D eigenvalue weighted by molar-refractivity contribution is 7.89. The van der Waals surface area contributed by atoms with Crippen LogP contribution in [0.25, 0.3) is 11.3 Å². The molecule has 2 aromatic rings. The Morgan fingerprint density at radius 1 is 1.40 bits per heavy atom. The normalized spacial score (nSPS) is 18.3. The molecule has 7 nitrogen and oxygen atoms in total. The molecule has 2 heterocycles. The quantitative estimate of drug-likeness (QED) is 0.884. The monoisotopic (exact) mass is 367 g/mol. The van der Waals surface area contributed by atoms with Gasteiger partial charge in [0.2, 0.25) is 15.8 Å². The lowest BCUT2D eigenvalue weighted by Gasteiger charge is -2.31. The van der Waals surface area contributed by atoms with Crippen molar-refractivity contribution in [2.75, 3.05) is 18.8 Å².